The van der Waals surface area contributed by atoms with Crippen LogP contribution in [0.4, 0.5) is 5.69 Å². The van der Waals surface area contributed by atoms with Gasteiger partial charge < -0.3 is 4.90 Å². The van der Waals surface area contributed by atoms with Gasteiger partial charge in [0, 0.05) is 37.4 Å². The normalized spacial score (nSPS) is 23.7. The highest BCUT2D eigenvalue weighted by Crippen LogP contribution is 2.30. The Morgan fingerprint density at radius 3 is 2.35 bits per heavy atom. The van der Waals surface area contributed by atoms with E-state index in [2.05, 4.69) is 73.0 Å². The Labute approximate surface area is 158 Å². The van der Waals surface area contributed by atoms with E-state index in [0.29, 0.717) is 12.1 Å². The largest absolute Gasteiger partial charge is 0.366 e. The van der Waals surface area contributed by atoms with Gasteiger partial charge in [-0.25, -0.2) is 0 Å². The minimum atomic E-state index is 0.538. The van der Waals surface area contributed by atoms with Gasteiger partial charge in [0.1, 0.15) is 0 Å². The summed E-state index contributed by atoms with van der Waals surface area (Å²) in [6.07, 6.45) is 5.25. The van der Waals surface area contributed by atoms with E-state index in [1.54, 1.807) is 11.1 Å². The van der Waals surface area contributed by atoms with E-state index in [9.17, 15) is 0 Å². The molecule has 0 radical (unpaired) electrons. The third-order valence-electron chi connectivity index (χ3n) is 6.56. The lowest BCUT2D eigenvalue weighted by Gasteiger charge is -2.46. The molecule has 0 N–H and O–H groups in total. The predicted octanol–water partition coefficient (Wildman–Crippen LogP) is 4.97. The van der Waals surface area contributed by atoms with Crippen molar-refractivity contribution in [1.29, 1.82) is 0 Å². The molecule has 2 atom stereocenters. The molecule has 1 aliphatic carbocycles. The quantitative estimate of drug-likeness (QED) is 0.772. The zero-order chi connectivity index (χ0) is 18.1. The first-order chi connectivity index (χ1) is 12.6. The van der Waals surface area contributed by atoms with Crippen LogP contribution in [0.15, 0.2) is 42.5 Å². The molecule has 1 saturated heterocycles. The van der Waals surface area contributed by atoms with Crippen LogP contribution < -0.4 is 4.90 Å². The summed E-state index contributed by atoms with van der Waals surface area (Å²) in [5, 5.41) is 0. The van der Waals surface area contributed by atoms with Crippen LogP contribution in [0.2, 0.25) is 0 Å². The summed E-state index contributed by atoms with van der Waals surface area (Å²) in [5.41, 5.74) is 7.37. The fourth-order valence-electron chi connectivity index (χ4n) is 4.62. The topological polar surface area (TPSA) is 6.48 Å². The molecule has 0 amide bonds. The van der Waals surface area contributed by atoms with Gasteiger partial charge in [-0.2, -0.15) is 0 Å². The van der Waals surface area contributed by atoms with Crippen molar-refractivity contribution < 1.29 is 0 Å². The van der Waals surface area contributed by atoms with Crippen LogP contribution in [0, 0.1) is 6.92 Å². The van der Waals surface area contributed by atoms with Gasteiger partial charge in [-0.15, -0.1) is 0 Å². The summed E-state index contributed by atoms with van der Waals surface area (Å²) in [6.45, 7) is 10.3. The van der Waals surface area contributed by atoms with Crippen LogP contribution in [0.3, 0.4) is 0 Å². The molecule has 4 rings (SSSR count). The first kappa shape index (κ1) is 17.6. The molecule has 0 bridgehead atoms. The van der Waals surface area contributed by atoms with Crippen molar-refractivity contribution >= 4 is 5.69 Å². The lowest BCUT2D eigenvalue weighted by molar-refractivity contribution is 0.150. The highest BCUT2D eigenvalue weighted by Gasteiger charge is 2.31. The third kappa shape index (κ3) is 3.53. The van der Waals surface area contributed by atoms with Crippen LogP contribution >= 0.6 is 0 Å². The van der Waals surface area contributed by atoms with E-state index in [-0.39, 0.29) is 0 Å². The number of rotatable bonds is 3. The number of aryl methyl sites for hydroxylation is 3. The Kier molecular flexibility index (Phi) is 5.04. The highest BCUT2D eigenvalue weighted by molar-refractivity contribution is 5.53. The van der Waals surface area contributed by atoms with Gasteiger partial charge >= 0.3 is 0 Å². The molecule has 26 heavy (non-hydrogen) atoms. The van der Waals surface area contributed by atoms with E-state index in [1.165, 1.54) is 42.5 Å². The standard InChI is InChI=1S/C24H32N2/c1-18-8-10-21(11-9-18)17-25-14-15-26(20(3)19(25)2)24-13-12-22-6-4-5-7-23(22)16-24/h8-13,16,19-20H,4-7,14-15,17H2,1-3H3. The Morgan fingerprint density at radius 2 is 1.58 bits per heavy atom. The Bertz CT molecular complexity index is 749. The van der Waals surface area contributed by atoms with E-state index in [4.69, 9.17) is 0 Å². The summed E-state index contributed by atoms with van der Waals surface area (Å²) in [6, 6.07) is 17.3. The molecule has 2 aromatic rings. The van der Waals surface area contributed by atoms with Crippen LogP contribution in [0.25, 0.3) is 0 Å². The maximum atomic E-state index is 2.64. The number of hydrogen-bond donors (Lipinski definition) is 0. The second kappa shape index (κ2) is 7.44. The highest BCUT2D eigenvalue weighted by atomic mass is 15.3. The summed E-state index contributed by atoms with van der Waals surface area (Å²) in [4.78, 5) is 5.27. The molecule has 2 heteroatoms. The molecule has 2 unspecified atom stereocenters. The van der Waals surface area contributed by atoms with Gasteiger partial charge in [0.15, 0.2) is 0 Å². The molecule has 138 valence electrons. The number of hydrogen-bond acceptors (Lipinski definition) is 2. The first-order valence-electron chi connectivity index (χ1n) is 10.3. The number of fused-ring (bicyclic) bond motifs is 1. The van der Waals surface area contributed by atoms with Crippen LogP contribution in [0.1, 0.15) is 48.9 Å². The van der Waals surface area contributed by atoms with Crippen molar-refractivity contribution in [3.05, 3.63) is 64.7 Å². The monoisotopic (exact) mass is 348 g/mol. The molecule has 2 aliphatic rings. The van der Waals surface area contributed by atoms with Gasteiger partial charge in [-0.1, -0.05) is 35.9 Å². The average molecular weight is 349 g/mol. The minimum absolute atomic E-state index is 0.538. The maximum absolute atomic E-state index is 2.64. The summed E-state index contributed by atoms with van der Waals surface area (Å²) in [5.74, 6) is 0. The van der Waals surface area contributed by atoms with Crippen molar-refractivity contribution in [2.75, 3.05) is 18.0 Å². The second-order valence-corrected chi connectivity index (χ2v) is 8.29. The first-order valence-corrected chi connectivity index (χ1v) is 10.3. The Hall–Kier alpha value is -1.80. The van der Waals surface area contributed by atoms with Crippen molar-refractivity contribution in [3.63, 3.8) is 0 Å². The third-order valence-corrected chi connectivity index (χ3v) is 6.56. The molecule has 1 aliphatic heterocycles. The van der Waals surface area contributed by atoms with E-state index in [0.717, 1.165) is 19.6 Å². The summed E-state index contributed by atoms with van der Waals surface area (Å²) in [7, 11) is 0. The van der Waals surface area contributed by atoms with E-state index < -0.39 is 0 Å². The van der Waals surface area contributed by atoms with Crippen LogP contribution in [-0.4, -0.2) is 30.1 Å². The summed E-state index contributed by atoms with van der Waals surface area (Å²) < 4.78 is 0. The van der Waals surface area contributed by atoms with Gasteiger partial charge in [0.25, 0.3) is 0 Å². The maximum Gasteiger partial charge on any atom is 0.0415 e. The van der Waals surface area contributed by atoms with Gasteiger partial charge in [-0.3, -0.25) is 4.90 Å². The van der Waals surface area contributed by atoms with Crippen molar-refractivity contribution in [1.82, 2.24) is 4.90 Å². The van der Waals surface area contributed by atoms with Crippen LogP contribution in [0.5, 0.6) is 0 Å². The van der Waals surface area contributed by atoms with E-state index >= 15 is 0 Å². The molecule has 2 aromatic carbocycles. The predicted molar refractivity (Wildman–Crippen MR) is 111 cm³/mol. The molecule has 0 saturated carbocycles. The smallest absolute Gasteiger partial charge is 0.0415 e. The van der Waals surface area contributed by atoms with Gasteiger partial charge in [0.2, 0.25) is 0 Å². The average Bonchev–Trinajstić information content (AvgIpc) is 2.67. The molecule has 1 fully saturated rings. The fourth-order valence-corrected chi connectivity index (χ4v) is 4.62. The molecular weight excluding hydrogens is 316 g/mol. The van der Waals surface area contributed by atoms with Gasteiger partial charge in [0.05, 0.1) is 0 Å². The van der Waals surface area contributed by atoms with Crippen molar-refractivity contribution in [2.24, 2.45) is 0 Å². The van der Waals surface area contributed by atoms with Gasteiger partial charge in [-0.05, 0) is 75.3 Å². The number of piperazine rings is 1. The number of anilines is 1. The van der Waals surface area contributed by atoms with E-state index in [1.807, 2.05) is 0 Å². The summed E-state index contributed by atoms with van der Waals surface area (Å²) >= 11 is 0. The fraction of sp³-hybridized carbons (Fsp3) is 0.500. The van der Waals surface area contributed by atoms with Crippen LogP contribution in [-0.2, 0) is 19.4 Å². The lowest BCUT2D eigenvalue weighted by Crippen LogP contribution is -2.57. The zero-order valence-corrected chi connectivity index (χ0v) is 16.5. The lowest BCUT2D eigenvalue weighted by atomic mass is 9.91. The Morgan fingerprint density at radius 1 is 0.846 bits per heavy atom. The molecule has 1 heterocycles. The van der Waals surface area contributed by atoms with Crippen molar-refractivity contribution in [3.8, 4) is 0 Å². The molecular formula is C24H32N2. The molecule has 2 nitrogen and oxygen atoms in total. The molecule has 0 aromatic heterocycles. The number of benzene rings is 2. The van der Waals surface area contributed by atoms with Crippen molar-refractivity contribution in [2.45, 2.75) is 65.1 Å². The minimum Gasteiger partial charge on any atom is -0.366 e. The second-order valence-electron chi connectivity index (χ2n) is 8.29. The Balaban J connectivity index is 1.47. The SMILES string of the molecule is Cc1ccc(CN2CCN(c3ccc4c(c3)CCCC4)C(C)C2C)cc1. The number of nitrogens with zero attached hydrogens (tertiary/aromatic N) is 2. The zero-order valence-electron chi connectivity index (χ0n) is 16.5. The molecule has 0 spiro atoms.